The molecule has 33 heavy (non-hydrogen) atoms. The third-order valence-corrected chi connectivity index (χ3v) is 6.30. The van der Waals surface area contributed by atoms with Crippen LogP contribution in [0.1, 0.15) is 47.8 Å². The quantitative estimate of drug-likeness (QED) is 0.511. The minimum absolute atomic E-state index is 0.0431. The number of hydrogen-bond acceptors (Lipinski definition) is 3. The van der Waals surface area contributed by atoms with Crippen LogP contribution >= 0.6 is 0 Å². The molecule has 2 unspecified atom stereocenters. The maximum Gasteiger partial charge on any atom is 0.419 e. The molecular weight excluding hydrogens is 438 g/mol. The second-order valence-electron chi connectivity index (χ2n) is 9.00. The third kappa shape index (κ3) is 3.72. The van der Waals surface area contributed by atoms with E-state index in [1.165, 1.54) is 27.0 Å². The van der Waals surface area contributed by atoms with Crippen molar-refractivity contribution in [2.45, 2.75) is 43.5 Å². The van der Waals surface area contributed by atoms with Crippen molar-refractivity contribution in [2.75, 3.05) is 7.11 Å². The van der Waals surface area contributed by atoms with Crippen molar-refractivity contribution in [1.29, 1.82) is 0 Å². The molecule has 1 aliphatic carbocycles. The van der Waals surface area contributed by atoms with Crippen molar-refractivity contribution >= 4 is 16.7 Å². The number of rotatable bonds is 3. The standard InChI is InChI=1S/C25H23F4NO3/c1-23(2)13-24(32,25(27,28)29)21(17-10-11-18(26)20(33-3)19(17)23)30-22(31)16-9-8-14-6-4-5-7-15(14)12-16/h4-12,21,32H,13H2,1-3H3,(H,30,31). The normalized spacial score (nSPS) is 22.0. The number of amides is 1. The maximum absolute atomic E-state index is 14.5. The summed E-state index contributed by atoms with van der Waals surface area (Å²) in [6, 6.07) is 12.3. The average Bonchev–Trinajstić information content (AvgIpc) is 2.75. The average molecular weight is 461 g/mol. The van der Waals surface area contributed by atoms with Gasteiger partial charge >= 0.3 is 6.18 Å². The van der Waals surface area contributed by atoms with Gasteiger partial charge < -0.3 is 15.2 Å². The van der Waals surface area contributed by atoms with Crippen molar-refractivity contribution in [2.24, 2.45) is 0 Å². The minimum atomic E-state index is -5.06. The molecule has 4 rings (SSSR count). The Hall–Kier alpha value is -3.13. The number of carbonyl (C=O) groups excluding carboxylic acids is 1. The molecule has 0 heterocycles. The number of carbonyl (C=O) groups is 1. The summed E-state index contributed by atoms with van der Waals surface area (Å²) in [7, 11) is 1.22. The first-order valence-electron chi connectivity index (χ1n) is 10.3. The highest BCUT2D eigenvalue weighted by molar-refractivity contribution is 5.98. The van der Waals surface area contributed by atoms with Crippen LogP contribution in [0, 0.1) is 5.82 Å². The van der Waals surface area contributed by atoms with Gasteiger partial charge in [0.1, 0.15) is 0 Å². The predicted octanol–water partition coefficient (Wildman–Crippen LogP) is 5.43. The van der Waals surface area contributed by atoms with E-state index in [2.05, 4.69) is 5.32 Å². The van der Waals surface area contributed by atoms with E-state index in [0.29, 0.717) is 0 Å². The Morgan fingerprint density at radius 3 is 2.39 bits per heavy atom. The fourth-order valence-corrected chi connectivity index (χ4v) is 4.84. The lowest BCUT2D eigenvalue weighted by molar-refractivity contribution is -0.280. The Bertz CT molecular complexity index is 1240. The second kappa shape index (κ2) is 7.73. The number of benzene rings is 3. The number of hydrogen-bond donors (Lipinski definition) is 2. The molecule has 0 aliphatic heterocycles. The highest BCUT2D eigenvalue weighted by Crippen LogP contribution is 2.55. The number of halogens is 4. The SMILES string of the molecule is COc1c(F)ccc2c1C(C)(C)CC(O)(C(F)(F)F)C2NC(=O)c1ccc2ccccc2c1. The molecule has 0 fully saturated rings. The first kappa shape index (κ1) is 23.0. The molecule has 1 aliphatic rings. The Morgan fingerprint density at radius 2 is 1.76 bits per heavy atom. The van der Waals surface area contributed by atoms with E-state index in [-0.39, 0.29) is 22.4 Å². The van der Waals surface area contributed by atoms with Crippen molar-refractivity contribution < 1.29 is 32.2 Å². The Morgan fingerprint density at radius 1 is 1.09 bits per heavy atom. The molecule has 0 radical (unpaired) electrons. The highest BCUT2D eigenvalue weighted by Gasteiger charge is 2.64. The number of methoxy groups -OCH3 is 1. The van der Waals surface area contributed by atoms with Crippen LogP contribution in [0.15, 0.2) is 54.6 Å². The number of ether oxygens (including phenoxy) is 1. The molecule has 3 aromatic rings. The molecule has 174 valence electrons. The number of alkyl halides is 3. The molecular formula is C25H23F4NO3. The van der Waals surface area contributed by atoms with Crippen LogP contribution in [-0.4, -0.2) is 29.9 Å². The molecule has 0 aromatic heterocycles. The van der Waals surface area contributed by atoms with Crippen molar-refractivity contribution in [3.05, 3.63) is 77.1 Å². The lowest BCUT2D eigenvalue weighted by Crippen LogP contribution is -2.60. The smallest absolute Gasteiger partial charge is 0.419 e. The van der Waals surface area contributed by atoms with Gasteiger partial charge in [0, 0.05) is 11.1 Å². The molecule has 0 spiro atoms. The van der Waals surface area contributed by atoms with Crippen LogP contribution in [0.25, 0.3) is 10.8 Å². The zero-order valence-electron chi connectivity index (χ0n) is 18.3. The maximum atomic E-state index is 14.5. The van der Waals surface area contributed by atoms with Gasteiger partial charge in [-0.15, -0.1) is 0 Å². The van der Waals surface area contributed by atoms with Gasteiger partial charge in [0.25, 0.3) is 5.91 Å². The summed E-state index contributed by atoms with van der Waals surface area (Å²) in [4.78, 5) is 13.1. The summed E-state index contributed by atoms with van der Waals surface area (Å²) in [5.41, 5.74) is -4.30. The predicted molar refractivity (Wildman–Crippen MR) is 116 cm³/mol. The fourth-order valence-electron chi connectivity index (χ4n) is 4.84. The van der Waals surface area contributed by atoms with E-state index in [1.807, 2.05) is 12.1 Å². The Kier molecular flexibility index (Phi) is 5.40. The topological polar surface area (TPSA) is 58.6 Å². The summed E-state index contributed by atoms with van der Waals surface area (Å²) < 4.78 is 62.3. The molecule has 0 saturated carbocycles. The Labute approximate surface area is 188 Å². The summed E-state index contributed by atoms with van der Waals surface area (Å²) in [5.74, 6) is -1.73. The van der Waals surface area contributed by atoms with Gasteiger partial charge in [0.05, 0.1) is 13.2 Å². The van der Waals surface area contributed by atoms with Gasteiger partial charge in [0.2, 0.25) is 0 Å². The van der Waals surface area contributed by atoms with Crippen LogP contribution < -0.4 is 10.1 Å². The van der Waals surface area contributed by atoms with Crippen LogP contribution in [0.5, 0.6) is 5.75 Å². The van der Waals surface area contributed by atoms with Crippen LogP contribution in [0.2, 0.25) is 0 Å². The largest absolute Gasteiger partial charge is 0.493 e. The van der Waals surface area contributed by atoms with E-state index in [1.54, 1.807) is 24.3 Å². The number of nitrogens with one attached hydrogen (secondary N) is 1. The van der Waals surface area contributed by atoms with Crippen LogP contribution in [0.4, 0.5) is 17.6 Å². The zero-order chi connectivity index (χ0) is 24.2. The highest BCUT2D eigenvalue weighted by atomic mass is 19.4. The van der Waals surface area contributed by atoms with Gasteiger partial charge in [-0.05, 0) is 46.4 Å². The third-order valence-electron chi connectivity index (χ3n) is 6.30. The molecule has 2 atom stereocenters. The Balaban J connectivity index is 1.85. The molecule has 3 aromatic carbocycles. The molecule has 4 nitrogen and oxygen atoms in total. The number of fused-ring (bicyclic) bond motifs is 2. The van der Waals surface area contributed by atoms with Crippen LogP contribution in [-0.2, 0) is 5.41 Å². The second-order valence-corrected chi connectivity index (χ2v) is 9.00. The molecule has 1 amide bonds. The molecule has 0 bridgehead atoms. The lowest BCUT2D eigenvalue weighted by atomic mass is 9.63. The fraction of sp³-hybridized carbons (Fsp3) is 0.320. The summed E-state index contributed by atoms with van der Waals surface area (Å²) in [6.45, 7) is 2.96. The molecule has 8 heteroatoms. The van der Waals surface area contributed by atoms with Crippen molar-refractivity contribution in [1.82, 2.24) is 5.32 Å². The summed E-state index contributed by atoms with van der Waals surface area (Å²) in [5, 5.41) is 15.0. The van der Waals surface area contributed by atoms with E-state index in [9.17, 15) is 27.5 Å². The van der Waals surface area contributed by atoms with Gasteiger partial charge in [0.15, 0.2) is 17.2 Å². The minimum Gasteiger partial charge on any atom is -0.493 e. The van der Waals surface area contributed by atoms with E-state index in [0.717, 1.165) is 22.9 Å². The van der Waals surface area contributed by atoms with E-state index >= 15 is 0 Å². The zero-order valence-corrected chi connectivity index (χ0v) is 18.3. The van der Waals surface area contributed by atoms with Crippen molar-refractivity contribution in [3.8, 4) is 5.75 Å². The molecule has 2 N–H and O–H groups in total. The monoisotopic (exact) mass is 461 g/mol. The van der Waals surface area contributed by atoms with Gasteiger partial charge in [-0.1, -0.05) is 50.2 Å². The van der Waals surface area contributed by atoms with Gasteiger partial charge in [-0.2, -0.15) is 13.2 Å². The molecule has 0 saturated heterocycles. The lowest BCUT2D eigenvalue weighted by Gasteiger charge is -2.49. The number of aliphatic hydroxyl groups is 1. The van der Waals surface area contributed by atoms with Gasteiger partial charge in [-0.25, -0.2) is 4.39 Å². The summed E-state index contributed by atoms with van der Waals surface area (Å²) >= 11 is 0. The first-order valence-corrected chi connectivity index (χ1v) is 10.3. The van der Waals surface area contributed by atoms with E-state index in [4.69, 9.17) is 4.74 Å². The van der Waals surface area contributed by atoms with Crippen molar-refractivity contribution in [3.63, 3.8) is 0 Å². The van der Waals surface area contributed by atoms with E-state index < -0.39 is 41.4 Å². The van der Waals surface area contributed by atoms with Gasteiger partial charge in [-0.3, -0.25) is 4.79 Å². The van der Waals surface area contributed by atoms with Crippen LogP contribution in [0.3, 0.4) is 0 Å². The first-order chi connectivity index (χ1) is 15.4. The summed E-state index contributed by atoms with van der Waals surface area (Å²) in [6.07, 6.45) is -5.86.